The van der Waals surface area contributed by atoms with Gasteiger partial charge in [0, 0.05) is 17.4 Å². The number of fused-ring (bicyclic) bond motifs is 2. The summed E-state index contributed by atoms with van der Waals surface area (Å²) in [7, 11) is 0. The molecule has 27 heavy (non-hydrogen) atoms. The van der Waals surface area contributed by atoms with Crippen LogP contribution < -0.4 is 20.1 Å². The van der Waals surface area contributed by atoms with Gasteiger partial charge in [-0.2, -0.15) is 0 Å². The topological polar surface area (TPSA) is 76.7 Å². The van der Waals surface area contributed by atoms with Gasteiger partial charge >= 0.3 is 0 Å². The molecular weight excluding hydrogens is 364 g/mol. The molecule has 2 heterocycles. The van der Waals surface area contributed by atoms with Gasteiger partial charge in [0.2, 0.25) is 11.8 Å². The first-order valence-corrected chi connectivity index (χ1v) is 9.94. The van der Waals surface area contributed by atoms with Crippen molar-refractivity contribution in [3.05, 3.63) is 48.0 Å². The van der Waals surface area contributed by atoms with E-state index in [4.69, 9.17) is 9.47 Å². The van der Waals surface area contributed by atoms with Crippen LogP contribution in [-0.2, 0) is 16.0 Å². The molecule has 0 unspecified atom stereocenters. The molecule has 2 N–H and O–H groups in total. The third-order valence-electron chi connectivity index (χ3n) is 4.49. The lowest BCUT2D eigenvalue weighted by Gasteiger charge is -2.19. The third-order valence-corrected chi connectivity index (χ3v) is 5.77. The lowest BCUT2D eigenvalue weighted by Crippen LogP contribution is -2.26. The molecule has 2 aromatic rings. The van der Waals surface area contributed by atoms with E-state index in [0.717, 1.165) is 17.7 Å². The zero-order valence-corrected chi connectivity index (χ0v) is 15.5. The molecule has 2 aromatic carbocycles. The van der Waals surface area contributed by atoms with E-state index < -0.39 is 0 Å². The van der Waals surface area contributed by atoms with Crippen molar-refractivity contribution in [1.29, 1.82) is 0 Å². The van der Waals surface area contributed by atoms with Gasteiger partial charge in [-0.05, 0) is 36.6 Å². The van der Waals surface area contributed by atoms with E-state index in [9.17, 15) is 9.59 Å². The summed E-state index contributed by atoms with van der Waals surface area (Å²) < 4.78 is 11.0. The number of ether oxygens (including phenoxy) is 2. The molecule has 2 aliphatic rings. The van der Waals surface area contributed by atoms with E-state index >= 15 is 0 Å². The van der Waals surface area contributed by atoms with Crippen molar-refractivity contribution in [3.8, 4) is 11.5 Å². The molecule has 140 valence electrons. The molecule has 4 rings (SSSR count). The Bertz CT molecular complexity index is 871. The second kappa shape index (κ2) is 7.92. The summed E-state index contributed by atoms with van der Waals surface area (Å²) in [6.07, 6.45) is 1.53. The molecule has 0 aromatic heterocycles. The molecule has 0 spiro atoms. The van der Waals surface area contributed by atoms with Gasteiger partial charge in [-0.1, -0.05) is 18.2 Å². The molecule has 0 saturated carbocycles. The number of amides is 2. The first-order chi connectivity index (χ1) is 13.2. The summed E-state index contributed by atoms with van der Waals surface area (Å²) in [5.41, 5.74) is 2.66. The van der Waals surface area contributed by atoms with E-state index in [1.807, 2.05) is 24.3 Å². The minimum atomic E-state index is -0.247. The van der Waals surface area contributed by atoms with Crippen molar-refractivity contribution >= 4 is 35.0 Å². The molecule has 7 heteroatoms. The Labute approximate surface area is 161 Å². The maximum absolute atomic E-state index is 12.4. The number of hydrogen-bond donors (Lipinski definition) is 2. The van der Waals surface area contributed by atoms with Crippen LogP contribution in [0.1, 0.15) is 12.0 Å². The van der Waals surface area contributed by atoms with Gasteiger partial charge in [0.1, 0.15) is 13.2 Å². The van der Waals surface area contributed by atoms with Crippen molar-refractivity contribution < 1.29 is 19.1 Å². The molecule has 0 aliphatic carbocycles. The predicted molar refractivity (Wildman–Crippen MR) is 106 cm³/mol. The summed E-state index contributed by atoms with van der Waals surface area (Å²) in [6, 6.07) is 13.1. The number of aryl methyl sites for hydroxylation is 1. The van der Waals surface area contributed by atoms with Crippen LogP contribution in [-0.4, -0.2) is 36.0 Å². The van der Waals surface area contributed by atoms with E-state index in [-0.39, 0.29) is 22.8 Å². The molecule has 0 radical (unpaired) electrons. The van der Waals surface area contributed by atoms with Gasteiger partial charge < -0.3 is 20.1 Å². The summed E-state index contributed by atoms with van der Waals surface area (Å²) >= 11 is 1.37. The number of rotatable bonds is 4. The first kappa shape index (κ1) is 17.7. The normalized spacial score (nSPS) is 18.1. The second-order valence-corrected chi connectivity index (χ2v) is 7.58. The molecule has 0 fully saturated rings. The highest BCUT2D eigenvalue weighted by Gasteiger charge is 2.24. The van der Waals surface area contributed by atoms with Crippen LogP contribution in [0.3, 0.4) is 0 Å². The second-order valence-electron chi connectivity index (χ2n) is 6.39. The number of benzene rings is 2. The minimum Gasteiger partial charge on any atom is -0.486 e. The van der Waals surface area contributed by atoms with E-state index in [0.29, 0.717) is 36.8 Å². The van der Waals surface area contributed by atoms with Gasteiger partial charge in [0.15, 0.2) is 11.5 Å². The Balaban J connectivity index is 1.32. The van der Waals surface area contributed by atoms with Crippen molar-refractivity contribution in [2.45, 2.75) is 18.1 Å². The maximum Gasteiger partial charge on any atom is 0.237 e. The summed E-state index contributed by atoms with van der Waals surface area (Å²) in [4.78, 5) is 24.7. The zero-order chi connectivity index (χ0) is 18.6. The van der Waals surface area contributed by atoms with Crippen LogP contribution in [0.5, 0.6) is 11.5 Å². The van der Waals surface area contributed by atoms with Gasteiger partial charge in [-0.15, -0.1) is 11.8 Å². The Kier molecular flexibility index (Phi) is 5.20. The van der Waals surface area contributed by atoms with Crippen LogP contribution in [0.4, 0.5) is 11.4 Å². The number of carbonyl (C=O) groups is 2. The van der Waals surface area contributed by atoms with Crippen LogP contribution in [0.25, 0.3) is 0 Å². The molecule has 0 saturated heterocycles. The number of nitrogens with one attached hydrogen (secondary N) is 2. The zero-order valence-electron chi connectivity index (χ0n) is 14.7. The highest BCUT2D eigenvalue weighted by atomic mass is 32.2. The average Bonchev–Trinajstić information content (AvgIpc) is 2.84. The number of carbonyl (C=O) groups excluding carboxylic acids is 2. The monoisotopic (exact) mass is 384 g/mol. The Morgan fingerprint density at radius 3 is 2.85 bits per heavy atom. The Hall–Kier alpha value is -2.67. The standard InChI is InChI=1S/C20H20N2O4S/c23-19(21-14-6-7-16-17(11-14)26-10-9-25-16)12-27-18-8-5-13-3-1-2-4-15(13)22-20(18)24/h1-4,6-7,11,18H,5,8-10,12H2,(H,21,23)(H,22,24)/t18-/m1/s1. The molecular formula is C20H20N2O4S. The Morgan fingerprint density at radius 1 is 1.15 bits per heavy atom. The number of anilines is 2. The van der Waals surface area contributed by atoms with E-state index in [2.05, 4.69) is 10.6 Å². The highest BCUT2D eigenvalue weighted by Crippen LogP contribution is 2.33. The van der Waals surface area contributed by atoms with Crippen LogP contribution >= 0.6 is 11.8 Å². The smallest absolute Gasteiger partial charge is 0.237 e. The van der Waals surface area contributed by atoms with E-state index in [1.54, 1.807) is 18.2 Å². The molecule has 2 amide bonds. The van der Waals surface area contributed by atoms with Crippen LogP contribution in [0.2, 0.25) is 0 Å². The molecule has 6 nitrogen and oxygen atoms in total. The highest BCUT2D eigenvalue weighted by molar-refractivity contribution is 8.01. The lowest BCUT2D eigenvalue weighted by molar-refractivity contribution is -0.115. The molecule has 1 atom stereocenters. The van der Waals surface area contributed by atoms with Crippen molar-refractivity contribution in [2.24, 2.45) is 0 Å². The number of para-hydroxylation sites is 1. The van der Waals surface area contributed by atoms with Gasteiger partial charge in [-0.25, -0.2) is 0 Å². The molecule has 0 bridgehead atoms. The van der Waals surface area contributed by atoms with Crippen LogP contribution in [0.15, 0.2) is 42.5 Å². The van der Waals surface area contributed by atoms with Crippen molar-refractivity contribution in [1.82, 2.24) is 0 Å². The fraction of sp³-hybridized carbons (Fsp3) is 0.300. The summed E-state index contributed by atoms with van der Waals surface area (Å²) in [6.45, 7) is 1.03. The Morgan fingerprint density at radius 2 is 1.96 bits per heavy atom. The lowest BCUT2D eigenvalue weighted by atomic mass is 10.1. The summed E-state index contributed by atoms with van der Waals surface area (Å²) in [5, 5.41) is 5.56. The van der Waals surface area contributed by atoms with Gasteiger partial charge in [-0.3, -0.25) is 9.59 Å². The number of thioether (sulfide) groups is 1. The average molecular weight is 384 g/mol. The molecule has 2 aliphatic heterocycles. The maximum atomic E-state index is 12.4. The first-order valence-electron chi connectivity index (χ1n) is 8.89. The number of hydrogen-bond acceptors (Lipinski definition) is 5. The largest absolute Gasteiger partial charge is 0.486 e. The van der Waals surface area contributed by atoms with Gasteiger partial charge in [0.05, 0.1) is 11.0 Å². The SMILES string of the molecule is O=C(CS[C@@H]1CCc2ccccc2NC1=O)Nc1ccc2c(c1)OCCO2. The summed E-state index contributed by atoms with van der Waals surface area (Å²) in [5.74, 6) is 1.34. The van der Waals surface area contributed by atoms with Crippen LogP contribution in [0, 0.1) is 0 Å². The third kappa shape index (κ3) is 4.19. The van der Waals surface area contributed by atoms with Gasteiger partial charge in [0.25, 0.3) is 0 Å². The fourth-order valence-corrected chi connectivity index (χ4v) is 4.06. The quantitative estimate of drug-likeness (QED) is 0.847. The van der Waals surface area contributed by atoms with E-state index in [1.165, 1.54) is 11.8 Å². The fourth-order valence-electron chi connectivity index (χ4n) is 3.14. The van der Waals surface area contributed by atoms with Crippen molar-refractivity contribution in [3.63, 3.8) is 0 Å². The minimum absolute atomic E-state index is 0.0444. The van der Waals surface area contributed by atoms with Crippen molar-refractivity contribution in [2.75, 3.05) is 29.6 Å². The predicted octanol–water partition coefficient (Wildman–Crippen LogP) is 3.08.